The average Bonchev–Trinajstić information content (AvgIpc) is 2.33. The number of unbranched alkanes of at least 4 members (excludes halogenated alkanes) is 1. The summed E-state index contributed by atoms with van der Waals surface area (Å²) in [5.74, 6) is 0.919. The van der Waals surface area contributed by atoms with Crippen LogP contribution in [0, 0.1) is 11.3 Å². The van der Waals surface area contributed by atoms with E-state index in [1.54, 1.807) is 0 Å². The van der Waals surface area contributed by atoms with Gasteiger partial charge in [0, 0.05) is 18.6 Å². The molecule has 0 aromatic heterocycles. The Morgan fingerprint density at radius 2 is 1.78 bits per heavy atom. The molecule has 1 unspecified atom stereocenters. The molecular formula is C16H31ClO. The third-order valence-corrected chi connectivity index (χ3v) is 4.36. The first-order valence-corrected chi connectivity index (χ1v) is 8.13. The molecule has 1 saturated heterocycles. The number of alkyl halides is 1. The van der Waals surface area contributed by atoms with Crippen molar-refractivity contribution in [1.29, 1.82) is 0 Å². The molecule has 2 heteroatoms. The summed E-state index contributed by atoms with van der Waals surface area (Å²) in [6, 6.07) is 0. The van der Waals surface area contributed by atoms with E-state index in [4.69, 9.17) is 16.3 Å². The third kappa shape index (κ3) is 8.37. The second kappa shape index (κ2) is 8.43. The first-order valence-electron chi connectivity index (χ1n) is 7.69. The average molecular weight is 275 g/mol. The van der Waals surface area contributed by atoms with Crippen LogP contribution in [-0.2, 0) is 4.74 Å². The van der Waals surface area contributed by atoms with Crippen molar-refractivity contribution in [2.45, 2.75) is 77.5 Å². The molecule has 1 atom stereocenters. The van der Waals surface area contributed by atoms with Gasteiger partial charge in [-0.05, 0) is 43.4 Å². The molecule has 0 aromatic rings. The highest BCUT2D eigenvalue weighted by molar-refractivity contribution is 6.20. The number of halogens is 1. The van der Waals surface area contributed by atoms with Crippen LogP contribution in [0.2, 0.25) is 0 Å². The molecule has 0 aliphatic carbocycles. The van der Waals surface area contributed by atoms with Crippen LogP contribution in [0.25, 0.3) is 0 Å². The minimum atomic E-state index is 0.388. The summed E-state index contributed by atoms with van der Waals surface area (Å²) in [5, 5.41) is 0.388. The molecule has 1 aliphatic heterocycles. The van der Waals surface area contributed by atoms with Crippen molar-refractivity contribution in [2.24, 2.45) is 11.3 Å². The predicted octanol–water partition coefficient (Wildman–Crippen LogP) is 5.41. The quantitative estimate of drug-likeness (QED) is 0.446. The molecule has 0 N–H and O–H groups in total. The lowest BCUT2D eigenvalue weighted by Gasteiger charge is -2.22. The van der Waals surface area contributed by atoms with Gasteiger partial charge in [-0.15, -0.1) is 11.6 Å². The van der Waals surface area contributed by atoms with Gasteiger partial charge in [0.05, 0.1) is 0 Å². The first-order chi connectivity index (χ1) is 8.47. The van der Waals surface area contributed by atoms with Gasteiger partial charge in [-0.2, -0.15) is 0 Å². The Hall–Kier alpha value is 0.250. The minimum Gasteiger partial charge on any atom is -0.381 e. The summed E-state index contributed by atoms with van der Waals surface area (Å²) in [6.07, 6.45) is 10.2. The van der Waals surface area contributed by atoms with Crippen molar-refractivity contribution in [3.63, 3.8) is 0 Å². The van der Waals surface area contributed by atoms with Crippen LogP contribution < -0.4 is 0 Å². The Balaban J connectivity index is 1.96. The summed E-state index contributed by atoms with van der Waals surface area (Å²) in [5.41, 5.74) is 0.426. The molecule has 1 aliphatic rings. The zero-order chi connectivity index (χ0) is 13.4. The van der Waals surface area contributed by atoms with E-state index < -0.39 is 0 Å². The molecule has 0 radical (unpaired) electrons. The summed E-state index contributed by atoms with van der Waals surface area (Å²) in [6.45, 7) is 8.84. The molecule has 0 amide bonds. The van der Waals surface area contributed by atoms with Crippen LogP contribution in [0.3, 0.4) is 0 Å². The van der Waals surface area contributed by atoms with E-state index in [1.165, 1.54) is 51.4 Å². The fourth-order valence-electron chi connectivity index (χ4n) is 2.57. The van der Waals surface area contributed by atoms with E-state index in [1.807, 2.05) is 0 Å². The van der Waals surface area contributed by atoms with Crippen molar-refractivity contribution in [3.05, 3.63) is 0 Å². The molecule has 0 spiro atoms. The van der Waals surface area contributed by atoms with Crippen LogP contribution in [0.1, 0.15) is 72.1 Å². The Morgan fingerprint density at radius 3 is 2.39 bits per heavy atom. The highest BCUT2D eigenvalue weighted by Gasteiger charge is 2.15. The second-order valence-electron chi connectivity index (χ2n) is 7.04. The largest absolute Gasteiger partial charge is 0.381 e. The Morgan fingerprint density at radius 1 is 1.11 bits per heavy atom. The molecule has 0 aromatic carbocycles. The van der Waals surface area contributed by atoms with Crippen LogP contribution in [0.5, 0.6) is 0 Å². The zero-order valence-corrected chi connectivity index (χ0v) is 13.3. The second-order valence-corrected chi connectivity index (χ2v) is 7.65. The van der Waals surface area contributed by atoms with E-state index in [9.17, 15) is 0 Å². The van der Waals surface area contributed by atoms with Crippen molar-refractivity contribution in [1.82, 2.24) is 0 Å². The summed E-state index contributed by atoms with van der Waals surface area (Å²) >= 11 is 6.39. The third-order valence-electron chi connectivity index (χ3n) is 3.93. The SMILES string of the molecule is CC(C)(C)CCC(Cl)CCCCC1CCOCC1. The first kappa shape index (κ1) is 16.3. The van der Waals surface area contributed by atoms with Gasteiger partial charge in [0.1, 0.15) is 0 Å². The van der Waals surface area contributed by atoms with Gasteiger partial charge in [0.15, 0.2) is 0 Å². The van der Waals surface area contributed by atoms with Gasteiger partial charge in [-0.25, -0.2) is 0 Å². The highest BCUT2D eigenvalue weighted by atomic mass is 35.5. The maximum absolute atomic E-state index is 6.39. The molecule has 18 heavy (non-hydrogen) atoms. The fraction of sp³-hybridized carbons (Fsp3) is 1.00. The lowest BCUT2D eigenvalue weighted by Crippen LogP contribution is -2.15. The molecule has 1 heterocycles. The van der Waals surface area contributed by atoms with E-state index in [0.717, 1.165) is 19.1 Å². The molecular weight excluding hydrogens is 244 g/mol. The molecule has 1 rings (SSSR count). The highest BCUT2D eigenvalue weighted by Crippen LogP contribution is 2.26. The maximum Gasteiger partial charge on any atom is 0.0468 e. The normalized spacial score (nSPS) is 20.0. The van der Waals surface area contributed by atoms with Gasteiger partial charge in [-0.1, -0.05) is 40.0 Å². The van der Waals surface area contributed by atoms with E-state index in [2.05, 4.69) is 20.8 Å². The smallest absolute Gasteiger partial charge is 0.0468 e. The number of ether oxygens (including phenoxy) is 1. The van der Waals surface area contributed by atoms with Gasteiger partial charge in [-0.3, -0.25) is 0 Å². The standard InChI is InChI=1S/C16H31ClO/c1-16(2,3)11-8-15(17)7-5-4-6-14-9-12-18-13-10-14/h14-15H,4-13H2,1-3H3. The van der Waals surface area contributed by atoms with E-state index in [-0.39, 0.29) is 0 Å². The Labute approximate surface area is 119 Å². The maximum atomic E-state index is 6.39. The summed E-state index contributed by atoms with van der Waals surface area (Å²) < 4.78 is 5.39. The fourth-order valence-corrected chi connectivity index (χ4v) is 2.83. The van der Waals surface area contributed by atoms with Crippen molar-refractivity contribution < 1.29 is 4.74 Å². The Bertz CT molecular complexity index is 204. The minimum absolute atomic E-state index is 0.388. The van der Waals surface area contributed by atoms with Crippen LogP contribution in [-0.4, -0.2) is 18.6 Å². The number of hydrogen-bond acceptors (Lipinski definition) is 1. The molecule has 1 fully saturated rings. The van der Waals surface area contributed by atoms with Crippen LogP contribution in [0.15, 0.2) is 0 Å². The lowest BCUT2D eigenvalue weighted by atomic mass is 9.89. The van der Waals surface area contributed by atoms with Crippen LogP contribution >= 0.6 is 11.6 Å². The summed E-state index contributed by atoms with van der Waals surface area (Å²) in [4.78, 5) is 0. The van der Waals surface area contributed by atoms with E-state index in [0.29, 0.717) is 10.8 Å². The van der Waals surface area contributed by atoms with E-state index >= 15 is 0 Å². The number of rotatable bonds is 7. The molecule has 0 saturated carbocycles. The zero-order valence-electron chi connectivity index (χ0n) is 12.5. The molecule has 108 valence electrons. The van der Waals surface area contributed by atoms with Gasteiger partial charge < -0.3 is 4.74 Å². The van der Waals surface area contributed by atoms with Crippen molar-refractivity contribution >= 4 is 11.6 Å². The molecule has 1 nitrogen and oxygen atoms in total. The predicted molar refractivity (Wildman–Crippen MR) is 80.3 cm³/mol. The Kier molecular flexibility index (Phi) is 7.63. The van der Waals surface area contributed by atoms with Crippen molar-refractivity contribution in [3.8, 4) is 0 Å². The monoisotopic (exact) mass is 274 g/mol. The van der Waals surface area contributed by atoms with Gasteiger partial charge in [0.25, 0.3) is 0 Å². The van der Waals surface area contributed by atoms with Gasteiger partial charge >= 0.3 is 0 Å². The topological polar surface area (TPSA) is 9.23 Å². The number of hydrogen-bond donors (Lipinski definition) is 0. The summed E-state index contributed by atoms with van der Waals surface area (Å²) in [7, 11) is 0. The van der Waals surface area contributed by atoms with Gasteiger partial charge in [0.2, 0.25) is 0 Å². The lowest BCUT2D eigenvalue weighted by molar-refractivity contribution is 0.0631. The molecule has 0 bridgehead atoms. The van der Waals surface area contributed by atoms with Crippen molar-refractivity contribution in [2.75, 3.05) is 13.2 Å². The van der Waals surface area contributed by atoms with Crippen LogP contribution in [0.4, 0.5) is 0 Å².